The Kier molecular flexibility index (Phi) is 14.2. The summed E-state index contributed by atoms with van der Waals surface area (Å²) < 4.78 is 77.6. The van der Waals surface area contributed by atoms with Crippen molar-refractivity contribution in [2.75, 3.05) is 13.2 Å². The van der Waals surface area contributed by atoms with E-state index in [9.17, 15) is 25.9 Å². The van der Waals surface area contributed by atoms with Crippen molar-refractivity contribution in [2.45, 2.75) is 77.5 Å². The third-order valence-electron chi connectivity index (χ3n) is 8.77. The number of fused-ring (bicyclic) bond motifs is 2. The molecule has 15 heteroatoms. The number of aryl methyl sites for hydroxylation is 4. The minimum Gasteiger partial charge on any atom is -0.744 e. The van der Waals surface area contributed by atoms with Crippen LogP contribution in [-0.2, 0) is 51.2 Å². The zero-order valence-electron chi connectivity index (χ0n) is 30.5. The minimum atomic E-state index is -4.27. The molecule has 4 aromatic carbocycles. The first-order valence-electron chi connectivity index (χ1n) is 17.0. The molecule has 0 aliphatic rings. The monoisotopic (exact) mass is 802 g/mol. The van der Waals surface area contributed by atoms with Crippen molar-refractivity contribution in [3.63, 3.8) is 0 Å². The number of hydrogen-bond acceptors (Lipinski definition) is 7. The summed E-state index contributed by atoms with van der Waals surface area (Å²) in [6, 6.07) is 23.7. The Morgan fingerprint density at radius 2 is 0.925 bits per heavy atom. The molecule has 0 fully saturated rings. The van der Waals surface area contributed by atoms with Crippen LogP contribution >= 0.6 is 23.2 Å². The highest BCUT2D eigenvalue weighted by Crippen LogP contribution is 2.21. The lowest BCUT2D eigenvalue weighted by atomic mass is 10.2. The van der Waals surface area contributed by atoms with E-state index in [4.69, 9.17) is 27.9 Å². The van der Waals surface area contributed by atoms with Crippen molar-refractivity contribution in [2.24, 2.45) is 0 Å². The molecule has 0 radical (unpaired) electrons. The molecule has 284 valence electrons. The van der Waals surface area contributed by atoms with Gasteiger partial charge in [-0.05, 0) is 76.2 Å². The van der Waals surface area contributed by atoms with E-state index in [1.54, 1.807) is 24.3 Å². The summed E-state index contributed by atoms with van der Waals surface area (Å²) in [6.45, 7) is 17.0. The van der Waals surface area contributed by atoms with E-state index >= 15 is 0 Å². The smallest absolute Gasteiger partial charge is 0.254 e. The van der Waals surface area contributed by atoms with Gasteiger partial charge in [-0.15, -0.1) is 0 Å². The molecule has 0 saturated carbocycles. The van der Waals surface area contributed by atoms with Gasteiger partial charge in [0.05, 0.1) is 36.1 Å². The van der Waals surface area contributed by atoms with Gasteiger partial charge >= 0.3 is 0 Å². The Morgan fingerprint density at radius 3 is 1.23 bits per heavy atom. The number of halogens is 2. The number of ether oxygens (including phenoxy) is 1. The molecule has 0 atom stereocenters. The molecule has 0 saturated heterocycles. The van der Waals surface area contributed by atoms with E-state index in [1.807, 2.05) is 38.1 Å². The predicted molar refractivity (Wildman–Crippen MR) is 204 cm³/mol. The summed E-state index contributed by atoms with van der Waals surface area (Å²) in [4.78, 5) is -0.355. The van der Waals surface area contributed by atoms with E-state index in [1.165, 1.54) is 46.9 Å². The van der Waals surface area contributed by atoms with Gasteiger partial charge in [0, 0.05) is 36.0 Å². The minimum absolute atomic E-state index is 0.178. The van der Waals surface area contributed by atoms with E-state index in [0.29, 0.717) is 13.2 Å². The number of rotatable bonds is 10. The lowest BCUT2D eigenvalue weighted by Gasteiger charge is -2.05. The van der Waals surface area contributed by atoms with Gasteiger partial charge in [-0.2, -0.15) is 0 Å². The molecule has 0 aliphatic heterocycles. The van der Waals surface area contributed by atoms with E-state index in [0.717, 1.165) is 58.4 Å². The van der Waals surface area contributed by atoms with Crippen LogP contribution in [0.15, 0.2) is 94.7 Å². The zero-order valence-corrected chi connectivity index (χ0v) is 33.7. The van der Waals surface area contributed by atoms with Crippen molar-refractivity contribution >= 4 is 65.5 Å². The fraction of sp³-hybridized carbons (Fsp3) is 0.316. The molecule has 0 spiro atoms. The second kappa shape index (κ2) is 18.0. The van der Waals surface area contributed by atoms with Crippen molar-refractivity contribution in [3.8, 4) is 0 Å². The van der Waals surface area contributed by atoms with E-state index in [2.05, 4.69) is 58.1 Å². The standard InChI is InChI=1S/C24H30Cl2N4O.2C7H8O3S/c1-5-27-17(3)29(23-15-19(25)7-9-21(23)27)11-13-31-14-12-30-18(4)28(6-2)22-10-8-20(26)16-24(22)30;2*1-6-2-4-7(5-3-6)11(8,9)10/h7-10,15-16H,5-6,11-14H2,1-4H3;2*2-5H,1H3,(H,8,9,10)/q+2;;/p-2. The first-order valence-corrected chi connectivity index (χ1v) is 20.5. The number of imidazole rings is 2. The first-order chi connectivity index (χ1) is 25.0. The van der Waals surface area contributed by atoms with Crippen molar-refractivity contribution in [1.29, 1.82) is 0 Å². The summed E-state index contributed by atoms with van der Waals surface area (Å²) in [5.74, 6) is 2.43. The SMILES string of the molecule is CC[n+]1c(C)n(CCOCCn2c(C)[n+](CC)c3ccc(Cl)cc32)c2cc(Cl)ccc21.Cc1ccc(S(=O)(=O)[O-])cc1.Cc1ccc(S(=O)(=O)[O-])cc1. The maximum atomic E-state index is 10.4. The van der Waals surface area contributed by atoms with Gasteiger partial charge in [0.2, 0.25) is 0 Å². The van der Waals surface area contributed by atoms with Crippen molar-refractivity contribution in [1.82, 2.24) is 9.13 Å². The lowest BCUT2D eigenvalue weighted by Crippen LogP contribution is -2.35. The van der Waals surface area contributed by atoms with Crippen LogP contribution in [0, 0.1) is 27.7 Å². The summed E-state index contributed by atoms with van der Waals surface area (Å²) in [5, 5.41) is 1.52. The van der Waals surface area contributed by atoms with Crippen LogP contribution in [0.2, 0.25) is 10.0 Å². The Labute approximate surface area is 321 Å². The molecule has 0 unspecified atom stereocenters. The average Bonchev–Trinajstić information content (AvgIpc) is 3.51. The van der Waals surface area contributed by atoms with Crippen molar-refractivity contribution < 1.29 is 39.8 Å². The second-order valence-electron chi connectivity index (χ2n) is 12.3. The highest BCUT2D eigenvalue weighted by molar-refractivity contribution is 7.86. The van der Waals surface area contributed by atoms with Gasteiger partial charge in [-0.3, -0.25) is 0 Å². The highest BCUT2D eigenvalue weighted by atomic mass is 35.5. The van der Waals surface area contributed by atoms with Crippen molar-refractivity contribution in [3.05, 3.63) is 118 Å². The van der Waals surface area contributed by atoms with Gasteiger partial charge < -0.3 is 13.8 Å². The lowest BCUT2D eigenvalue weighted by molar-refractivity contribution is -0.675. The molecule has 6 rings (SSSR count). The maximum absolute atomic E-state index is 10.4. The molecule has 2 heterocycles. The predicted octanol–water partition coefficient (Wildman–Crippen LogP) is 6.65. The maximum Gasteiger partial charge on any atom is 0.254 e. The van der Waals surface area contributed by atoms with Crippen LogP contribution in [0.3, 0.4) is 0 Å². The molecule has 11 nitrogen and oxygen atoms in total. The number of nitrogens with zero attached hydrogens (tertiary/aromatic N) is 4. The summed E-state index contributed by atoms with van der Waals surface area (Å²) in [5.41, 5.74) is 6.58. The van der Waals surface area contributed by atoms with Gasteiger partial charge in [0.1, 0.15) is 33.3 Å². The third kappa shape index (κ3) is 10.7. The van der Waals surface area contributed by atoms with Crippen LogP contribution in [0.1, 0.15) is 36.6 Å². The molecular weight excluding hydrogens is 759 g/mol. The van der Waals surface area contributed by atoms with Gasteiger partial charge in [0.15, 0.2) is 22.1 Å². The molecule has 6 aromatic rings. The quantitative estimate of drug-likeness (QED) is 0.0858. The summed E-state index contributed by atoms with van der Waals surface area (Å²) in [6.07, 6.45) is 0. The number of aromatic nitrogens is 4. The zero-order chi connectivity index (χ0) is 39.1. The third-order valence-corrected chi connectivity index (χ3v) is 10.9. The van der Waals surface area contributed by atoms with Gasteiger partial charge in [-0.25, -0.2) is 35.1 Å². The molecule has 0 amide bonds. The molecule has 53 heavy (non-hydrogen) atoms. The average molecular weight is 804 g/mol. The summed E-state index contributed by atoms with van der Waals surface area (Å²) >= 11 is 12.5. The Balaban J connectivity index is 0.000000232. The van der Waals surface area contributed by atoms with Crippen LogP contribution < -0.4 is 9.13 Å². The van der Waals surface area contributed by atoms with E-state index < -0.39 is 20.2 Å². The summed E-state index contributed by atoms with van der Waals surface area (Å²) in [7, 11) is -8.54. The van der Waals surface area contributed by atoms with Crippen LogP contribution in [0.25, 0.3) is 22.1 Å². The largest absolute Gasteiger partial charge is 0.744 e. The number of benzene rings is 4. The fourth-order valence-corrected chi connectivity index (χ4v) is 7.33. The normalized spacial score (nSPS) is 11.7. The molecule has 2 aromatic heterocycles. The van der Waals surface area contributed by atoms with Gasteiger partial charge in [-0.1, -0.05) is 58.6 Å². The highest BCUT2D eigenvalue weighted by Gasteiger charge is 2.22. The fourth-order valence-electron chi connectivity index (χ4n) is 6.06. The molecular formula is C38H44Cl2N4O7S2. The van der Waals surface area contributed by atoms with Crippen LogP contribution in [0.5, 0.6) is 0 Å². The second-order valence-corrected chi connectivity index (χ2v) is 15.9. The van der Waals surface area contributed by atoms with Crippen LogP contribution in [-0.4, -0.2) is 48.3 Å². The molecule has 0 bridgehead atoms. The molecule has 0 N–H and O–H groups in total. The molecule has 0 aliphatic carbocycles. The Morgan fingerprint density at radius 1 is 0.585 bits per heavy atom. The van der Waals surface area contributed by atoms with Gasteiger partial charge in [0.25, 0.3) is 11.6 Å². The van der Waals surface area contributed by atoms with Crippen LogP contribution in [0.4, 0.5) is 0 Å². The van der Waals surface area contributed by atoms with E-state index in [-0.39, 0.29) is 9.79 Å². The number of hydrogen-bond donors (Lipinski definition) is 0. The Hall–Kier alpha value is -3.82. The topological polar surface area (TPSA) is 141 Å². The first kappa shape index (κ1) is 41.9. The Bertz CT molecular complexity index is 2240.